The van der Waals surface area contributed by atoms with E-state index < -0.39 is 17.8 Å². The van der Waals surface area contributed by atoms with Crippen molar-refractivity contribution in [2.75, 3.05) is 19.8 Å². The van der Waals surface area contributed by atoms with Crippen LogP contribution in [0.1, 0.15) is 5.56 Å². The monoisotopic (exact) mass is 406 g/mol. The summed E-state index contributed by atoms with van der Waals surface area (Å²) in [6, 6.07) is 14.5. The van der Waals surface area contributed by atoms with E-state index in [1.54, 1.807) is 13.1 Å². The lowest BCUT2D eigenvalue weighted by molar-refractivity contribution is -0.126. The molecular formula is C22H22N4O4. The zero-order valence-electron chi connectivity index (χ0n) is 16.6. The Kier molecular flexibility index (Phi) is 5.65. The lowest BCUT2D eigenvalue weighted by Gasteiger charge is -2.24. The highest BCUT2D eigenvalue weighted by atomic mass is 16.5. The van der Waals surface area contributed by atoms with Gasteiger partial charge in [0.05, 0.1) is 24.8 Å². The molecule has 0 aliphatic carbocycles. The summed E-state index contributed by atoms with van der Waals surface area (Å²) in [5, 5.41) is 15.3. The van der Waals surface area contributed by atoms with Gasteiger partial charge in [-0.2, -0.15) is 5.26 Å². The van der Waals surface area contributed by atoms with E-state index in [1.807, 2.05) is 36.4 Å². The molecule has 154 valence electrons. The van der Waals surface area contributed by atoms with Gasteiger partial charge in [-0.3, -0.25) is 9.36 Å². The molecule has 1 aromatic heterocycles. The van der Waals surface area contributed by atoms with Crippen molar-refractivity contribution in [2.45, 2.75) is 18.5 Å². The molecule has 30 heavy (non-hydrogen) atoms. The van der Waals surface area contributed by atoms with E-state index in [0.717, 1.165) is 22.2 Å². The van der Waals surface area contributed by atoms with Gasteiger partial charge in [0.15, 0.2) is 5.58 Å². The predicted molar refractivity (Wildman–Crippen MR) is 111 cm³/mol. The van der Waals surface area contributed by atoms with Crippen LogP contribution in [0, 0.1) is 11.3 Å². The number of carbonyl (C=O) groups excluding carboxylic acids is 1. The molecule has 4 rings (SSSR count). The van der Waals surface area contributed by atoms with Gasteiger partial charge >= 0.3 is 5.76 Å². The van der Waals surface area contributed by atoms with Gasteiger partial charge < -0.3 is 19.8 Å². The topological polar surface area (TPSA) is 109 Å². The molecule has 1 aliphatic rings. The normalized spacial score (nSPS) is 17.4. The number of aryl methyl sites for hydroxylation is 1. The van der Waals surface area contributed by atoms with E-state index in [9.17, 15) is 14.9 Å². The Balaban J connectivity index is 1.45. The molecule has 8 nitrogen and oxygen atoms in total. The van der Waals surface area contributed by atoms with Crippen LogP contribution in [0.3, 0.4) is 0 Å². The molecule has 1 aliphatic heterocycles. The largest absolute Gasteiger partial charge is 0.419 e. The van der Waals surface area contributed by atoms with E-state index in [-0.39, 0.29) is 5.91 Å². The Morgan fingerprint density at radius 1 is 1.30 bits per heavy atom. The van der Waals surface area contributed by atoms with Crippen molar-refractivity contribution in [3.63, 3.8) is 0 Å². The molecule has 1 fully saturated rings. The molecule has 1 saturated heterocycles. The predicted octanol–water partition coefficient (Wildman–Crippen LogP) is 1.34. The summed E-state index contributed by atoms with van der Waals surface area (Å²) >= 11 is 0. The van der Waals surface area contributed by atoms with E-state index in [0.29, 0.717) is 31.8 Å². The highest BCUT2D eigenvalue weighted by Gasteiger charge is 2.23. The Hall–Kier alpha value is -3.41. The van der Waals surface area contributed by atoms with Crippen LogP contribution in [0.4, 0.5) is 0 Å². The number of carbonyl (C=O) groups is 1. The van der Waals surface area contributed by atoms with Gasteiger partial charge in [0.1, 0.15) is 12.1 Å². The lowest BCUT2D eigenvalue weighted by Crippen LogP contribution is -2.53. The molecule has 2 heterocycles. The SMILES string of the molecule is Cn1c(=O)oc2ccc(-c3ccc(C[C@@H](C#N)NC(=O)[C@@H]4COCCN4)cc3)cc21. The first-order valence-electron chi connectivity index (χ1n) is 9.75. The van der Waals surface area contributed by atoms with Crippen molar-refractivity contribution in [2.24, 2.45) is 7.05 Å². The van der Waals surface area contributed by atoms with Crippen LogP contribution < -0.4 is 16.4 Å². The highest BCUT2D eigenvalue weighted by molar-refractivity contribution is 5.82. The summed E-state index contributed by atoms with van der Waals surface area (Å²) in [7, 11) is 1.67. The van der Waals surface area contributed by atoms with Crippen molar-refractivity contribution >= 4 is 17.0 Å². The van der Waals surface area contributed by atoms with Crippen LogP contribution in [-0.2, 0) is 23.0 Å². The van der Waals surface area contributed by atoms with E-state index in [1.165, 1.54) is 4.57 Å². The summed E-state index contributed by atoms with van der Waals surface area (Å²) in [4.78, 5) is 24.0. The summed E-state index contributed by atoms with van der Waals surface area (Å²) < 4.78 is 11.9. The Labute approximate surface area is 173 Å². The van der Waals surface area contributed by atoms with Gasteiger partial charge in [0.2, 0.25) is 5.91 Å². The minimum absolute atomic E-state index is 0.225. The fourth-order valence-electron chi connectivity index (χ4n) is 3.51. The molecule has 0 bridgehead atoms. The first-order valence-corrected chi connectivity index (χ1v) is 9.75. The average molecular weight is 406 g/mol. The number of amides is 1. The fourth-order valence-corrected chi connectivity index (χ4v) is 3.51. The Bertz CT molecular complexity index is 1150. The molecular weight excluding hydrogens is 384 g/mol. The first-order chi connectivity index (χ1) is 14.5. The van der Waals surface area contributed by atoms with Crippen LogP contribution in [-0.4, -0.2) is 42.3 Å². The molecule has 1 amide bonds. The van der Waals surface area contributed by atoms with Crippen molar-refractivity contribution in [1.29, 1.82) is 5.26 Å². The Morgan fingerprint density at radius 3 is 2.77 bits per heavy atom. The van der Waals surface area contributed by atoms with Crippen LogP contribution in [0.2, 0.25) is 0 Å². The second-order valence-corrected chi connectivity index (χ2v) is 7.28. The maximum atomic E-state index is 12.3. The summed E-state index contributed by atoms with van der Waals surface area (Å²) in [6.07, 6.45) is 0.408. The minimum atomic E-state index is -0.621. The minimum Gasteiger partial charge on any atom is -0.408 e. The number of fused-ring (bicyclic) bond motifs is 1. The number of oxazole rings is 1. The molecule has 2 N–H and O–H groups in total. The van der Waals surface area contributed by atoms with Gasteiger partial charge in [0, 0.05) is 20.0 Å². The lowest BCUT2D eigenvalue weighted by atomic mass is 10.0. The van der Waals surface area contributed by atoms with Gasteiger partial charge in [0.25, 0.3) is 0 Å². The standard InChI is InChI=1S/C22H22N4O4/c1-26-19-11-16(6-7-20(19)30-22(26)28)15-4-2-14(3-5-15)10-17(12-23)25-21(27)18-13-29-9-8-24-18/h2-7,11,17-18,24H,8-10,13H2,1H3,(H,25,27)/t17-,18-/m0/s1. The van der Waals surface area contributed by atoms with Crippen molar-refractivity contribution in [1.82, 2.24) is 15.2 Å². The maximum absolute atomic E-state index is 12.3. The number of nitriles is 1. The smallest absolute Gasteiger partial charge is 0.408 e. The van der Waals surface area contributed by atoms with E-state index in [2.05, 4.69) is 16.7 Å². The van der Waals surface area contributed by atoms with Crippen LogP contribution in [0.25, 0.3) is 22.2 Å². The fraction of sp³-hybridized carbons (Fsp3) is 0.318. The Morgan fingerprint density at radius 2 is 2.07 bits per heavy atom. The van der Waals surface area contributed by atoms with E-state index in [4.69, 9.17) is 9.15 Å². The molecule has 8 heteroatoms. The molecule has 0 spiro atoms. The molecule has 2 aromatic carbocycles. The molecule has 0 radical (unpaired) electrons. The average Bonchev–Trinajstić information content (AvgIpc) is 3.07. The number of benzene rings is 2. The number of morpholine rings is 1. The number of rotatable bonds is 5. The van der Waals surface area contributed by atoms with Crippen LogP contribution >= 0.6 is 0 Å². The van der Waals surface area contributed by atoms with Crippen molar-refractivity contribution in [3.05, 3.63) is 58.6 Å². The van der Waals surface area contributed by atoms with Crippen molar-refractivity contribution < 1.29 is 13.9 Å². The van der Waals surface area contributed by atoms with Crippen LogP contribution in [0.5, 0.6) is 0 Å². The molecule has 0 unspecified atom stereocenters. The summed E-state index contributed by atoms with van der Waals surface area (Å²) in [6.45, 7) is 1.52. The second-order valence-electron chi connectivity index (χ2n) is 7.28. The van der Waals surface area contributed by atoms with Crippen LogP contribution in [0.15, 0.2) is 51.7 Å². The number of hydrogen-bond donors (Lipinski definition) is 2. The number of nitrogens with one attached hydrogen (secondary N) is 2. The zero-order chi connectivity index (χ0) is 21.1. The molecule has 3 aromatic rings. The highest BCUT2D eigenvalue weighted by Crippen LogP contribution is 2.24. The van der Waals surface area contributed by atoms with E-state index >= 15 is 0 Å². The third kappa shape index (κ3) is 4.13. The molecule has 2 atom stereocenters. The number of ether oxygens (including phenoxy) is 1. The van der Waals surface area contributed by atoms with Gasteiger partial charge in [-0.1, -0.05) is 30.3 Å². The van der Waals surface area contributed by atoms with Gasteiger partial charge in [-0.25, -0.2) is 4.79 Å². The zero-order valence-corrected chi connectivity index (χ0v) is 16.6. The second kappa shape index (κ2) is 8.53. The van der Waals surface area contributed by atoms with Gasteiger partial charge in [-0.05, 0) is 28.8 Å². The quantitative estimate of drug-likeness (QED) is 0.662. The number of nitrogens with zero attached hydrogens (tertiary/aromatic N) is 2. The molecule has 0 saturated carbocycles. The first kappa shape index (κ1) is 19.9. The van der Waals surface area contributed by atoms with Gasteiger partial charge in [-0.15, -0.1) is 0 Å². The van der Waals surface area contributed by atoms with Crippen molar-refractivity contribution in [3.8, 4) is 17.2 Å². The maximum Gasteiger partial charge on any atom is 0.419 e. The number of hydrogen-bond acceptors (Lipinski definition) is 6. The third-order valence-corrected chi connectivity index (χ3v) is 5.23. The number of aromatic nitrogens is 1. The summed E-state index contributed by atoms with van der Waals surface area (Å²) in [5.41, 5.74) is 4.16. The summed E-state index contributed by atoms with van der Waals surface area (Å²) in [5.74, 6) is -0.617. The third-order valence-electron chi connectivity index (χ3n) is 5.23.